The molecule has 0 bridgehead atoms. The molecule has 7 heteroatoms. The van der Waals surface area contributed by atoms with Crippen molar-refractivity contribution in [2.45, 2.75) is 0 Å². The van der Waals surface area contributed by atoms with Crippen LogP contribution in [0.3, 0.4) is 0 Å². The minimum Gasteiger partial charge on any atom is -0.323 e. The standard InChI is InChI=1S/C14H11BrN2.C14H10N2.C14H8N2/c15-11-5-1-3-9-7-8-10-4-2-6-12(17-16)14(10)13(9)11;2*1-3-9-7-8-10-4-2-6-12-14(10)13(9)11(5-1)15-16-12/h1-8,17H,16H2;1-8,15-16H;1-8H. The number of H-pyrrole nitrogens is 2. The zero-order chi connectivity index (χ0) is 32.9. The summed E-state index contributed by atoms with van der Waals surface area (Å²) in [5.74, 6) is 5.59. The number of anilines is 1. The second-order valence-electron chi connectivity index (χ2n) is 12.1. The molecule has 2 aromatic heterocycles. The number of nitrogens with two attached hydrogens (primary N) is 1. The third-order valence-corrected chi connectivity index (χ3v) is 9.98. The fourth-order valence-electron chi connectivity index (χ4n) is 7.12. The molecule has 49 heavy (non-hydrogen) atoms. The monoisotopic (exact) mass is 696 g/mol. The number of halogens is 1. The third-order valence-electron chi connectivity index (χ3n) is 9.32. The molecule has 9 aromatic carbocycles. The Kier molecular flexibility index (Phi) is 7.08. The van der Waals surface area contributed by atoms with Crippen LogP contribution in [-0.4, -0.2) is 20.4 Å². The molecule has 0 spiro atoms. The Morgan fingerprint density at radius 2 is 0.796 bits per heavy atom. The molecule has 2 heterocycles. The van der Waals surface area contributed by atoms with E-state index < -0.39 is 0 Å². The molecule has 0 atom stereocenters. The Morgan fingerprint density at radius 1 is 0.408 bits per heavy atom. The first kappa shape index (κ1) is 29.1. The molecular formula is C42H29BrN6. The molecule has 0 fully saturated rings. The number of hydrogen-bond acceptors (Lipinski definition) is 4. The average molecular weight is 698 g/mol. The van der Waals surface area contributed by atoms with Gasteiger partial charge in [0.2, 0.25) is 0 Å². The topological polar surface area (TPSA) is 95.4 Å². The maximum absolute atomic E-state index is 5.59. The minimum atomic E-state index is 0.944. The van der Waals surface area contributed by atoms with E-state index in [-0.39, 0.29) is 0 Å². The lowest BCUT2D eigenvalue weighted by Crippen LogP contribution is -2.07. The summed E-state index contributed by atoms with van der Waals surface area (Å²) in [5, 5.41) is 29.8. The average Bonchev–Trinajstić information content (AvgIpc) is 3.16. The first-order valence-electron chi connectivity index (χ1n) is 16.1. The molecule has 0 aliphatic carbocycles. The van der Waals surface area contributed by atoms with Gasteiger partial charge in [0.15, 0.2) is 0 Å². The highest BCUT2D eigenvalue weighted by Crippen LogP contribution is 2.36. The summed E-state index contributed by atoms with van der Waals surface area (Å²) in [7, 11) is 0. The number of fused-ring (bicyclic) bond motifs is 3. The largest absolute Gasteiger partial charge is 0.323 e. The van der Waals surface area contributed by atoms with Crippen LogP contribution < -0.4 is 11.3 Å². The quantitative estimate of drug-likeness (QED) is 0.0780. The van der Waals surface area contributed by atoms with Crippen molar-refractivity contribution in [2.24, 2.45) is 5.84 Å². The van der Waals surface area contributed by atoms with E-state index in [2.05, 4.69) is 145 Å². The number of hydrazine groups is 1. The molecule has 0 radical (unpaired) electrons. The van der Waals surface area contributed by atoms with Crippen LogP contribution in [0.5, 0.6) is 0 Å². The third kappa shape index (κ3) is 4.90. The van der Waals surface area contributed by atoms with E-state index in [1.165, 1.54) is 59.2 Å². The van der Waals surface area contributed by atoms with Crippen molar-refractivity contribution < 1.29 is 0 Å². The van der Waals surface area contributed by atoms with Gasteiger partial charge >= 0.3 is 0 Å². The van der Waals surface area contributed by atoms with E-state index in [9.17, 15) is 0 Å². The van der Waals surface area contributed by atoms with E-state index in [0.717, 1.165) is 37.6 Å². The number of aromatic amines is 2. The maximum atomic E-state index is 5.59. The molecule has 11 aromatic rings. The normalized spacial score (nSPS) is 11.5. The number of aromatic nitrogens is 4. The first-order chi connectivity index (χ1) is 24.2. The van der Waals surface area contributed by atoms with Crippen molar-refractivity contribution in [1.82, 2.24) is 20.4 Å². The Morgan fingerprint density at radius 3 is 1.29 bits per heavy atom. The highest BCUT2D eigenvalue weighted by Gasteiger charge is 2.10. The zero-order valence-electron chi connectivity index (χ0n) is 26.2. The predicted octanol–water partition coefficient (Wildman–Crippen LogP) is 11.2. The molecule has 6 nitrogen and oxygen atoms in total. The van der Waals surface area contributed by atoms with Gasteiger partial charge in [-0.3, -0.25) is 5.84 Å². The van der Waals surface area contributed by atoms with Crippen molar-refractivity contribution in [3.05, 3.63) is 150 Å². The number of nitrogens with one attached hydrogen (secondary N) is 3. The van der Waals surface area contributed by atoms with Crippen LogP contribution in [0.25, 0.3) is 86.7 Å². The van der Waals surface area contributed by atoms with Crippen LogP contribution in [0.1, 0.15) is 0 Å². The summed E-state index contributed by atoms with van der Waals surface area (Å²) >= 11 is 3.61. The molecule has 0 amide bonds. The molecule has 0 unspecified atom stereocenters. The van der Waals surface area contributed by atoms with Gasteiger partial charge in [-0.25, -0.2) is 0 Å². The van der Waals surface area contributed by atoms with Gasteiger partial charge in [-0.05, 0) is 68.7 Å². The van der Waals surface area contributed by atoms with Gasteiger partial charge in [-0.2, -0.15) is 0 Å². The van der Waals surface area contributed by atoms with Gasteiger partial charge in [-0.1, -0.05) is 125 Å². The zero-order valence-corrected chi connectivity index (χ0v) is 27.8. The SMILES string of the molecule is NNc1cccc2ccc3cccc(Br)c3c12.c1cc2ccc3cccc4[nH][nH]c(c1)c2c34.c1cc2ccc3cccc4nnc(c1)c2c34. The van der Waals surface area contributed by atoms with E-state index >= 15 is 0 Å². The van der Waals surface area contributed by atoms with Crippen molar-refractivity contribution in [1.29, 1.82) is 0 Å². The van der Waals surface area contributed by atoms with Gasteiger partial charge in [0, 0.05) is 36.8 Å². The van der Waals surface area contributed by atoms with E-state index in [1.807, 2.05) is 42.5 Å². The molecule has 234 valence electrons. The highest BCUT2D eigenvalue weighted by molar-refractivity contribution is 9.10. The predicted molar refractivity (Wildman–Crippen MR) is 210 cm³/mol. The summed E-state index contributed by atoms with van der Waals surface area (Å²) in [5.41, 5.74) is 7.97. The lowest BCUT2D eigenvalue weighted by Gasteiger charge is -2.10. The summed E-state index contributed by atoms with van der Waals surface area (Å²) in [6.45, 7) is 0. The number of hydrogen-bond donors (Lipinski definition) is 4. The van der Waals surface area contributed by atoms with E-state index in [0.29, 0.717) is 0 Å². The van der Waals surface area contributed by atoms with Gasteiger partial charge in [0.05, 0.1) is 27.8 Å². The van der Waals surface area contributed by atoms with Crippen LogP contribution in [0.2, 0.25) is 0 Å². The second kappa shape index (κ2) is 11.9. The van der Waals surface area contributed by atoms with Crippen molar-refractivity contribution in [2.75, 3.05) is 5.43 Å². The van der Waals surface area contributed by atoms with Crippen LogP contribution in [0.4, 0.5) is 5.69 Å². The van der Waals surface area contributed by atoms with E-state index in [1.54, 1.807) is 0 Å². The molecule has 0 aliphatic rings. The Bertz CT molecular complexity index is 2560. The Balaban J connectivity index is 0.0000000995. The van der Waals surface area contributed by atoms with Gasteiger partial charge in [-0.15, -0.1) is 10.2 Å². The number of benzene rings is 9. The van der Waals surface area contributed by atoms with Gasteiger partial charge in [0.1, 0.15) is 0 Å². The minimum absolute atomic E-state index is 0.944. The molecule has 11 rings (SSSR count). The smallest absolute Gasteiger partial charge is 0.0942 e. The van der Waals surface area contributed by atoms with Crippen LogP contribution in [0.15, 0.2) is 150 Å². The second-order valence-corrected chi connectivity index (χ2v) is 12.9. The first-order valence-corrected chi connectivity index (χ1v) is 16.9. The fraction of sp³-hybridized carbons (Fsp3) is 0. The van der Waals surface area contributed by atoms with Crippen molar-refractivity contribution in [3.8, 4) is 0 Å². The lowest BCUT2D eigenvalue weighted by atomic mass is 10.00. The highest BCUT2D eigenvalue weighted by atomic mass is 79.9. The molecule has 0 saturated carbocycles. The summed E-state index contributed by atoms with van der Waals surface area (Å²) < 4.78 is 1.09. The molecule has 0 aliphatic heterocycles. The van der Waals surface area contributed by atoms with Crippen LogP contribution >= 0.6 is 15.9 Å². The summed E-state index contributed by atoms with van der Waals surface area (Å²) in [6, 6.07) is 50.1. The fourth-order valence-corrected chi connectivity index (χ4v) is 7.70. The Labute approximate surface area is 289 Å². The van der Waals surface area contributed by atoms with Crippen molar-refractivity contribution in [3.63, 3.8) is 0 Å². The van der Waals surface area contributed by atoms with Crippen molar-refractivity contribution >= 4 is 108 Å². The number of nitrogens with zero attached hydrogens (tertiary/aromatic N) is 2. The summed E-state index contributed by atoms with van der Waals surface area (Å²) in [6.07, 6.45) is 0. The molecular weight excluding hydrogens is 668 g/mol. The molecule has 0 saturated heterocycles. The number of nitrogen functional groups attached to an aromatic ring is 1. The van der Waals surface area contributed by atoms with E-state index in [4.69, 9.17) is 5.84 Å². The lowest BCUT2D eigenvalue weighted by molar-refractivity contribution is 1.12. The van der Waals surface area contributed by atoms with Crippen LogP contribution in [-0.2, 0) is 0 Å². The van der Waals surface area contributed by atoms with Crippen LogP contribution in [0, 0.1) is 0 Å². The van der Waals surface area contributed by atoms with Gasteiger partial charge < -0.3 is 15.6 Å². The summed E-state index contributed by atoms with van der Waals surface area (Å²) in [4.78, 5) is 0. The Hall–Kier alpha value is -6.02. The maximum Gasteiger partial charge on any atom is 0.0942 e. The number of rotatable bonds is 1. The van der Waals surface area contributed by atoms with Gasteiger partial charge in [0.25, 0.3) is 0 Å². The molecule has 5 N–H and O–H groups in total.